The number of benzene rings is 2. The lowest BCUT2D eigenvalue weighted by Crippen LogP contribution is -2.44. The van der Waals surface area contributed by atoms with Gasteiger partial charge in [0, 0.05) is 35.7 Å². The van der Waals surface area contributed by atoms with Crippen molar-refractivity contribution >= 4 is 34.6 Å². The fraction of sp³-hybridized carbons (Fsp3) is 0.115. The van der Waals surface area contributed by atoms with Crippen molar-refractivity contribution in [2.75, 3.05) is 6.61 Å². The van der Waals surface area contributed by atoms with Crippen LogP contribution < -0.4 is 14.8 Å². The smallest absolute Gasteiger partial charge is 0.326 e. The lowest BCUT2D eigenvalue weighted by atomic mass is 10.1. The van der Waals surface area contributed by atoms with Gasteiger partial charge in [-0.3, -0.25) is 9.59 Å². The Morgan fingerprint density at radius 3 is 2.80 bits per heavy atom. The number of carboxylic acid groups (broad SMARTS) is 1. The number of carboxylic acids is 1. The Hall–Kier alpha value is -4.79. The summed E-state index contributed by atoms with van der Waals surface area (Å²) in [7, 11) is 0. The third-order valence-electron chi connectivity index (χ3n) is 5.56. The molecule has 5 rings (SSSR count). The number of allylic oxidation sites excluding steroid dienone is 1. The maximum Gasteiger partial charge on any atom is 0.326 e. The van der Waals surface area contributed by atoms with Crippen LogP contribution in [-0.4, -0.2) is 40.4 Å². The fourth-order valence-corrected chi connectivity index (χ4v) is 3.86. The molecule has 4 aromatic rings. The molecule has 35 heavy (non-hydrogen) atoms. The van der Waals surface area contributed by atoms with Crippen molar-refractivity contribution in [2.24, 2.45) is 0 Å². The number of para-hydroxylation sites is 1. The van der Waals surface area contributed by atoms with Crippen LogP contribution in [0.2, 0.25) is 0 Å². The third kappa shape index (κ3) is 4.65. The standard InChI is InChI=1S/C26H20N2O7/c29-24(28-21(26(31)32)10-15-13-27-20-6-2-1-5-18(15)20)14-34-17-7-8-19-22(11-17)35-23(25(19)30)12-16-4-3-9-33-16/h1-9,11-13,21,27H,10,14H2,(H,28,29)(H,31,32)/b23-12-/t21-/m0/s1. The van der Waals surface area contributed by atoms with Crippen molar-refractivity contribution < 1.29 is 33.4 Å². The molecule has 0 radical (unpaired) electrons. The molecule has 0 bridgehead atoms. The van der Waals surface area contributed by atoms with Crippen LogP contribution in [0.25, 0.3) is 17.0 Å². The van der Waals surface area contributed by atoms with E-state index in [0.717, 1.165) is 16.5 Å². The summed E-state index contributed by atoms with van der Waals surface area (Å²) in [5, 5.41) is 13.0. The van der Waals surface area contributed by atoms with E-state index in [1.807, 2.05) is 24.3 Å². The van der Waals surface area contributed by atoms with Crippen molar-refractivity contribution in [3.8, 4) is 11.5 Å². The molecule has 0 fully saturated rings. The Labute approximate surface area is 199 Å². The topological polar surface area (TPSA) is 131 Å². The van der Waals surface area contributed by atoms with Crippen LogP contribution in [0, 0.1) is 0 Å². The predicted molar refractivity (Wildman–Crippen MR) is 125 cm³/mol. The normalized spacial score (nSPS) is 14.5. The van der Waals surface area contributed by atoms with Crippen LogP contribution in [0.1, 0.15) is 21.7 Å². The highest BCUT2D eigenvalue weighted by Gasteiger charge is 2.28. The molecule has 9 nitrogen and oxygen atoms in total. The second kappa shape index (κ2) is 9.22. The molecule has 3 heterocycles. The number of amides is 1. The zero-order chi connectivity index (χ0) is 24.4. The van der Waals surface area contributed by atoms with E-state index < -0.39 is 24.5 Å². The molecular formula is C26H20N2O7. The van der Waals surface area contributed by atoms with E-state index in [4.69, 9.17) is 13.9 Å². The fourth-order valence-electron chi connectivity index (χ4n) is 3.86. The summed E-state index contributed by atoms with van der Waals surface area (Å²) in [6.45, 7) is -0.403. The van der Waals surface area contributed by atoms with Crippen molar-refractivity contribution in [1.82, 2.24) is 10.3 Å². The second-order valence-electron chi connectivity index (χ2n) is 7.92. The predicted octanol–water partition coefficient (Wildman–Crippen LogP) is 3.57. The number of ether oxygens (including phenoxy) is 2. The lowest BCUT2D eigenvalue weighted by Gasteiger charge is -2.15. The Morgan fingerprint density at radius 2 is 2.00 bits per heavy atom. The summed E-state index contributed by atoms with van der Waals surface area (Å²) in [5.41, 5.74) is 2.04. The Morgan fingerprint density at radius 1 is 1.14 bits per heavy atom. The van der Waals surface area contributed by atoms with Crippen LogP contribution in [0.3, 0.4) is 0 Å². The zero-order valence-corrected chi connectivity index (χ0v) is 18.3. The minimum atomic E-state index is -1.15. The molecule has 1 amide bonds. The number of aromatic nitrogens is 1. The summed E-state index contributed by atoms with van der Waals surface area (Å²) in [5.74, 6) is -0.830. The lowest BCUT2D eigenvalue weighted by molar-refractivity contribution is -0.142. The molecule has 1 atom stereocenters. The van der Waals surface area contributed by atoms with Gasteiger partial charge >= 0.3 is 5.97 Å². The Kier molecular flexibility index (Phi) is 5.80. The first-order chi connectivity index (χ1) is 17.0. The van der Waals surface area contributed by atoms with Gasteiger partial charge in [-0.25, -0.2) is 4.79 Å². The largest absolute Gasteiger partial charge is 0.484 e. The molecule has 9 heteroatoms. The van der Waals surface area contributed by atoms with Crippen molar-refractivity contribution in [3.63, 3.8) is 0 Å². The van der Waals surface area contributed by atoms with E-state index in [-0.39, 0.29) is 18.0 Å². The third-order valence-corrected chi connectivity index (χ3v) is 5.56. The molecule has 0 unspecified atom stereocenters. The summed E-state index contributed by atoms with van der Waals surface area (Å²) in [6, 6.07) is 14.4. The first-order valence-electron chi connectivity index (χ1n) is 10.8. The minimum Gasteiger partial charge on any atom is -0.484 e. The Balaban J connectivity index is 1.21. The van der Waals surface area contributed by atoms with Gasteiger partial charge in [-0.1, -0.05) is 18.2 Å². The van der Waals surface area contributed by atoms with E-state index in [1.54, 1.807) is 30.5 Å². The molecule has 0 saturated carbocycles. The number of Topliss-reactive ketones (excluding diaryl/α,β-unsaturated/α-hetero) is 1. The molecule has 1 aliphatic heterocycles. The van der Waals surface area contributed by atoms with Gasteiger partial charge in [0.05, 0.1) is 11.8 Å². The van der Waals surface area contributed by atoms with E-state index >= 15 is 0 Å². The van der Waals surface area contributed by atoms with E-state index in [1.165, 1.54) is 18.4 Å². The van der Waals surface area contributed by atoms with Gasteiger partial charge in [0.15, 0.2) is 12.4 Å². The number of carbonyl (C=O) groups excluding carboxylic acids is 2. The van der Waals surface area contributed by atoms with Crippen LogP contribution in [-0.2, 0) is 16.0 Å². The number of furan rings is 1. The van der Waals surface area contributed by atoms with E-state index in [0.29, 0.717) is 22.8 Å². The number of carbonyl (C=O) groups is 3. The van der Waals surface area contributed by atoms with Gasteiger partial charge in [0.25, 0.3) is 5.91 Å². The average molecular weight is 472 g/mol. The first kappa shape index (κ1) is 22.0. The Bertz CT molecular complexity index is 1450. The minimum absolute atomic E-state index is 0.116. The molecular weight excluding hydrogens is 452 g/mol. The van der Waals surface area contributed by atoms with Crippen molar-refractivity contribution in [2.45, 2.75) is 12.5 Å². The molecule has 1 aliphatic rings. The van der Waals surface area contributed by atoms with Crippen LogP contribution in [0.15, 0.2) is 77.2 Å². The SMILES string of the molecule is O=C(COc1ccc2c(c1)O/C(=C\c1ccco1)C2=O)N[C@@H](Cc1c[nH]c2ccccc12)C(=O)O. The van der Waals surface area contributed by atoms with Gasteiger partial charge in [-0.05, 0) is 35.9 Å². The maximum atomic E-state index is 12.5. The van der Waals surface area contributed by atoms with Gasteiger partial charge in [-0.15, -0.1) is 0 Å². The van der Waals surface area contributed by atoms with Gasteiger partial charge in [0.1, 0.15) is 23.3 Å². The number of hydrogen-bond donors (Lipinski definition) is 3. The van der Waals surface area contributed by atoms with E-state index in [2.05, 4.69) is 10.3 Å². The zero-order valence-electron chi connectivity index (χ0n) is 18.3. The number of aliphatic carboxylic acids is 1. The van der Waals surface area contributed by atoms with Crippen molar-refractivity contribution in [1.29, 1.82) is 0 Å². The van der Waals surface area contributed by atoms with Gasteiger partial charge in [0.2, 0.25) is 5.78 Å². The molecule has 3 N–H and O–H groups in total. The number of H-pyrrole nitrogens is 1. The number of aromatic amines is 1. The summed E-state index contributed by atoms with van der Waals surface area (Å²) in [4.78, 5) is 39.8. The number of hydrogen-bond acceptors (Lipinski definition) is 6. The monoisotopic (exact) mass is 472 g/mol. The molecule has 0 spiro atoms. The highest BCUT2D eigenvalue weighted by Crippen LogP contribution is 2.35. The summed E-state index contributed by atoms with van der Waals surface area (Å²) in [6.07, 6.45) is 4.84. The van der Waals surface area contributed by atoms with Crippen molar-refractivity contribution in [3.05, 3.63) is 89.7 Å². The number of rotatable bonds is 8. The van der Waals surface area contributed by atoms with Crippen LogP contribution >= 0.6 is 0 Å². The summed E-state index contributed by atoms with van der Waals surface area (Å²) < 4.78 is 16.3. The quantitative estimate of drug-likeness (QED) is 0.334. The van der Waals surface area contributed by atoms with Crippen LogP contribution in [0.4, 0.5) is 0 Å². The number of ketones is 1. The molecule has 0 saturated heterocycles. The maximum absolute atomic E-state index is 12.5. The first-order valence-corrected chi connectivity index (χ1v) is 10.8. The second-order valence-corrected chi connectivity index (χ2v) is 7.92. The summed E-state index contributed by atoms with van der Waals surface area (Å²) >= 11 is 0. The van der Waals surface area contributed by atoms with E-state index in [9.17, 15) is 19.5 Å². The average Bonchev–Trinajstić information content (AvgIpc) is 3.58. The molecule has 2 aromatic carbocycles. The molecule has 176 valence electrons. The van der Waals surface area contributed by atoms with Gasteiger partial charge < -0.3 is 29.3 Å². The van der Waals surface area contributed by atoms with Gasteiger partial charge in [-0.2, -0.15) is 0 Å². The number of fused-ring (bicyclic) bond motifs is 2. The number of nitrogens with one attached hydrogen (secondary N) is 2. The molecule has 0 aliphatic carbocycles. The van der Waals surface area contributed by atoms with Crippen LogP contribution in [0.5, 0.6) is 11.5 Å². The highest BCUT2D eigenvalue weighted by atomic mass is 16.5. The highest BCUT2D eigenvalue weighted by molar-refractivity contribution is 6.14. The molecule has 2 aromatic heterocycles.